The van der Waals surface area contributed by atoms with E-state index in [2.05, 4.69) is 33.9 Å². The molecule has 1 aliphatic heterocycles. The molecule has 0 unspecified atom stereocenters. The smallest absolute Gasteiger partial charge is 0.237 e. The van der Waals surface area contributed by atoms with Gasteiger partial charge < -0.3 is 10.2 Å². The van der Waals surface area contributed by atoms with Gasteiger partial charge in [0.1, 0.15) is 17.5 Å². The number of nitrogens with one attached hydrogen (secondary N) is 1. The SMILES string of the molecule is Cc1cc(N2CCN([C@H](C)C(=O)NCc3ccc(F)cc3)CC2)nc(C(C)C)n1. The molecule has 1 aliphatic rings. The maximum absolute atomic E-state index is 13.0. The Labute approximate surface area is 172 Å². The Bertz CT molecular complexity index is 832. The van der Waals surface area contributed by atoms with Crippen molar-refractivity contribution in [3.8, 4) is 0 Å². The average Bonchev–Trinajstić information content (AvgIpc) is 2.72. The molecule has 1 saturated heterocycles. The van der Waals surface area contributed by atoms with E-state index in [1.54, 1.807) is 12.1 Å². The van der Waals surface area contributed by atoms with Crippen LogP contribution in [0.25, 0.3) is 0 Å². The lowest BCUT2D eigenvalue weighted by molar-refractivity contribution is -0.126. The largest absolute Gasteiger partial charge is 0.354 e. The van der Waals surface area contributed by atoms with Crippen molar-refractivity contribution in [2.75, 3.05) is 31.1 Å². The van der Waals surface area contributed by atoms with Crippen molar-refractivity contribution in [1.29, 1.82) is 0 Å². The number of carbonyl (C=O) groups excluding carboxylic acids is 1. The average molecular weight is 400 g/mol. The van der Waals surface area contributed by atoms with Crippen molar-refractivity contribution in [2.24, 2.45) is 0 Å². The van der Waals surface area contributed by atoms with E-state index in [4.69, 9.17) is 4.98 Å². The summed E-state index contributed by atoms with van der Waals surface area (Å²) >= 11 is 0. The molecule has 1 atom stereocenters. The second-order valence-electron chi connectivity index (χ2n) is 7.92. The number of benzene rings is 1. The summed E-state index contributed by atoms with van der Waals surface area (Å²) < 4.78 is 13.0. The molecule has 156 valence electrons. The summed E-state index contributed by atoms with van der Waals surface area (Å²) in [5.41, 5.74) is 1.87. The number of amides is 1. The molecule has 1 amide bonds. The Balaban J connectivity index is 1.53. The Hall–Kier alpha value is -2.54. The maximum Gasteiger partial charge on any atom is 0.237 e. The first-order chi connectivity index (χ1) is 13.8. The maximum atomic E-state index is 13.0. The molecule has 1 aromatic carbocycles. The highest BCUT2D eigenvalue weighted by Crippen LogP contribution is 2.19. The van der Waals surface area contributed by atoms with Crippen LogP contribution in [0.3, 0.4) is 0 Å². The number of aromatic nitrogens is 2. The van der Waals surface area contributed by atoms with Crippen molar-refractivity contribution < 1.29 is 9.18 Å². The van der Waals surface area contributed by atoms with Crippen molar-refractivity contribution in [1.82, 2.24) is 20.2 Å². The number of nitrogens with zero attached hydrogens (tertiary/aromatic N) is 4. The number of piperazine rings is 1. The number of hydrogen-bond acceptors (Lipinski definition) is 5. The lowest BCUT2D eigenvalue weighted by atomic mass is 10.2. The predicted molar refractivity (Wildman–Crippen MR) is 112 cm³/mol. The molecule has 0 saturated carbocycles. The van der Waals surface area contributed by atoms with E-state index in [0.717, 1.165) is 49.1 Å². The van der Waals surface area contributed by atoms with Crippen LogP contribution in [0.5, 0.6) is 0 Å². The molecule has 3 rings (SSSR count). The van der Waals surface area contributed by atoms with Gasteiger partial charge in [-0.1, -0.05) is 26.0 Å². The van der Waals surface area contributed by atoms with Crippen LogP contribution in [0.2, 0.25) is 0 Å². The van der Waals surface area contributed by atoms with E-state index in [1.165, 1.54) is 12.1 Å². The van der Waals surface area contributed by atoms with Gasteiger partial charge >= 0.3 is 0 Å². The van der Waals surface area contributed by atoms with E-state index < -0.39 is 0 Å². The van der Waals surface area contributed by atoms with Gasteiger partial charge in [0.15, 0.2) is 0 Å². The lowest BCUT2D eigenvalue weighted by Gasteiger charge is -2.38. The third kappa shape index (κ3) is 5.50. The van der Waals surface area contributed by atoms with Gasteiger partial charge in [-0.15, -0.1) is 0 Å². The van der Waals surface area contributed by atoms with Gasteiger partial charge in [-0.25, -0.2) is 14.4 Å². The lowest BCUT2D eigenvalue weighted by Crippen LogP contribution is -2.54. The third-order valence-corrected chi connectivity index (χ3v) is 5.32. The highest BCUT2D eigenvalue weighted by Gasteiger charge is 2.26. The van der Waals surface area contributed by atoms with Crippen LogP contribution in [0, 0.1) is 12.7 Å². The number of carbonyl (C=O) groups is 1. The van der Waals surface area contributed by atoms with Crippen molar-refractivity contribution in [3.05, 3.63) is 53.2 Å². The van der Waals surface area contributed by atoms with Crippen LogP contribution in [0.4, 0.5) is 10.2 Å². The summed E-state index contributed by atoms with van der Waals surface area (Å²) in [4.78, 5) is 26.2. The minimum atomic E-state index is -0.272. The number of aryl methyl sites for hydroxylation is 1. The van der Waals surface area contributed by atoms with Crippen LogP contribution in [0.1, 0.15) is 43.8 Å². The molecule has 7 heteroatoms. The molecule has 0 radical (unpaired) electrons. The van der Waals surface area contributed by atoms with Crippen LogP contribution < -0.4 is 10.2 Å². The Morgan fingerprint density at radius 2 is 1.76 bits per heavy atom. The molecule has 0 spiro atoms. The zero-order chi connectivity index (χ0) is 21.0. The predicted octanol–water partition coefficient (Wildman–Crippen LogP) is 2.87. The van der Waals surface area contributed by atoms with Gasteiger partial charge in [0, 0.05) is 50.4 Å². The van der Waals surface area contributed by atoms with Crippen LogP contribution >= 0.6 is 0 Å². The summed E-state index contributed by atoms with van der Waals surface area (Å²) in [5, 5.41) is 2.95. The fourth-order valence-corrected chi connectivity index (χ4v) is 3.44. The minimum absolute atomic E-state index is 0.0113. The summed E-state index contributed by atoms with van der Waals surface area (Å²) in [7, 11) is 0. The second kappa shape index (κ2) is 9.31. The quantitative estimate of drug-likeness (QED) is 0.809. The Morgan fingerprint density at radius 1 is 1.10 bits per heavy atom. The summed E-state index contributed by atoms with van der Waals surface area (Å²) in [6.07, 6.45) is 0. The molecule has 0 bridgehead atoms. The van der Waals surface area contributed by atoms with Crippen LogP contribution in [-0.2, 0) is 11.3 Å². The minimum Gasteiger partial charge on any atom is -0.354 e. The zero-order valence-electron chi connectivity index (χ0n) is 17.7. The summed E-state index contributed by atoms with van der Waals surface area (Å²) in [6, 6.07) is 8.01. The standard InChI is InChI=1S/C22H30FN5O/c1-15(2)21-25-16(3)13-20(26-21)28-11-9-27(10-12-28)17(4)22(29)24-14-18-5-7-19(23)8-6-18/h5-8,13,15,17H,9-12,14H2,1-4H3,(H,24,29)/t17-/m1/s1. The van der Waals surface area contributed by atoms with Crippen LogP contribution in [-0.4, -0.2) is 53.0 Å². The van der Waals surface area contributed by atoms with E-state index in [1.807, 2.05) is 19.9 Å². The van der Waals surface area contributed by atoms with Crippen molar-refractivity contribution >= 4 is 11.7 Å². The topological polar surface area (TPSA) is 61.4 Å². The third-order valence-electron chi connectivity index (χ3n) is 5.32. The molecule has 1 fully saturated rings. The number of hydrogen-bond donors (Lipinski definition) is 1. The summed E-state index contributed by atoms with van der Waals surface area (Å²) in [5.74, 6) is 1.85. The monoisotopic (exact) mass is 399 g/mol. The van der Waals surface area contributed by atoms with Gasteiger partial charge in [-0.3, -0.25) is 9.69 Å². The molecule has 1 aromatic heterocycles. The first-order valence-corrected chi connectivity index (χ1v) is 10.2. The number of rotatable bonds is 6. The number of halogens is 1. The first-order valence-electron chi connectivity index (χ1n) is 10.2. The highest BCUT2D eigenvalue weighted by atomic mass is 19.1. The molecular formula is C22H30FN5O. The van der Waals surface area contributed by atoms with E-state index >= 15 is 0 Å². The fourth-order valence-electron chi connectivity index (χ4n) is 3.44. The molecule has 6 nitrogen and oxygen atoms in total. The van der Waals surface area contributed by atoms with E-state index in [9.17, 15) is 9.18 Å². The highest BCUT2D eigenvalue weighted by molar-refractivity contribution is 5.81. The Morgan fingerprint density at radius 3 is 2.38 bits per heavy atom. The van der Waals surface area contributed by atoms with Gasteiger partial charge in [-0.05, 0) is 31.5 Å². The fraction of sp³-hybridized carbons (Fsp3) is 0.500. The van der Waals surface area contributed by atoms with Crippen LogP contribution in [0.15, 0.2) is 30.3 Å². The van der Waals surface area contributed by atoms with Crippen molar-refractivity contribution in [3.63, 3.8) is 0 Å². The second-order valence-corrected chi connectivity index (χ2v) is 7.92. The molecule has 0 aliphatic carbocycles. The first kappa shape index (κ1) is 21.2. The molecule has 2 heterocycles. The zero-order valence-corrected chi connectivity index (χ0v) is 17.7. The normalized spacial score (nSPS) is 16.1. The van der Waals surface area contributed by atoms with Gasteiger partial charge in [0.2, 0.25) is 5.91 Å². The molecule has 1 N–H and O–H groups in total. The molecular weight excluding hydrogens is 369 g/mol. The molecule has 2 aromatic rings. The van der Waals surface area contributed by atoms with Gasteiger partial charge in [0.05, 0.1) is 6.04 Å². The van der Waals surface area contributed by atoms with Gasteiger partial charge in [0.25, 0.3) is 0 Å². The van der Waals surface area contributed by atoms with Crippen molar-refractivity contribution in [2.45, 2.75) is 46.2 Å². The van der Waals surface area contributed by atoms with E-state index in [0.29, 0.717) is 12.5 Å². The summed E-state index contributed by atoms with van der Waals surface area (Å²) in [6.45, 7) is 11.8. The Kier molecular flexibility index (Phi) is 6.79. The molecule has 29 heavy (non-hydrogen) atoms. The number of anilines is 1. The van der Waals surface area contributed by atoms with E-state index in [-0.39, 0.29) is 17.8 Å². The van der Waals surface area contributed by atoms with Gasteiger partial charge in [-0.2, -0.15) is 0 Å².